The van der Waals surface area contributed by atoms with Gasteiger partial charge in [0.05, 0.1) is 21.4 Å². The molecule has 3 heterocycles. The van der Waals surface area contributed by atoms with Gasteiger partial charge in [-0.05, 0) is 92.8 Å². The molecule has 0 radical (unpaired) electrons. The molecule has 0 unspecified atom stereocenters. The molecule has 1 saturated heterocycles. The summed E-state index contributed by atoms with van der Waals surface area (Å²) in [6.45, 7) is 6.30. The predicted molar refractivity (Wildman–Crippen MR) is 151 cm³/mol. The van der Waals surface area contributed by atoms with Crippen LogP contribution in [-0.2, 0) is 5.54 Å². The minimum absolute atomic E-state index is 0.230. The number of H-pyrrole nitrogens is 1. The van der Waals surface area contributed by atoms with Crippen LogP contribution in [-0.4, -0.2) is 32.3 Å². The van der Waals surface area contributed by atoms with Crippen molar-refractivity contribution in [2.24, 2.45) is 0 Å². The molecule has 5 aromatic rings. The fraction of sp³-hybridized carbons (Fsp3) is 0.233. The molecule has 198 valence electrons. The highest BCUT2D eigenvalue weighted by Gasteiger charge is 2.45. The van der Waals surface area contributed by atoms with Crippen molar-refractivity contribution in [3.8, 4) is 21.0 Å². The minimum Gasteiger partial charge on any atom is -0.340 e. The molecule has 1 aliphatic heterocycles. The number of nitrogens with one attached hydrogen (secondary N) is 1. The first kappa shape index (κ1) is 25.6. The van der Waals surface area contributed by atoms with E-state index in [1.54, 1.807) is 18.2 Å². The van der Waals surface area contributed by atoms with Crippen molar-refractivity contribution in [3.05, 3.63) is 93.9 Å². The van der Waals surface area contributed by atoms with Gasteiger partial charge in [-0.15, -0.1) is 11.3 Å². The number of carbonyl (C=O) groups excluding carboxylic acids is 1. The van der Waals surface area contributed by atoms with Crippen LogP contribution >= 0.6 is 22.9 Å². The van der Waals surface area contributed by atoms with Crippen molar-refractivity contribution in [2.45, 2.75) is 39.2 Å². The Balaban J connectivity index is 1.46. The fourth-order valence-electron chi connectivity index (χ4n) is 5.35. The molecule has 9 heteroatoms. The van der Waals surface area contributed by atoms with Crippen molar-refractivity contribution >= 4 is 39.9 Å². The van der Waals surface area contributed by atoms with Crippen LogP contribution in [0, 0.1) is 25.5 Å². The monoisotopic (exact) mass is 562 g/mol. The smallest absolute Gasteiger partial charge is 0.274 e. The van der Waals surface area contributed by atoms with E-state index in [9.17, 15) is 13.6 Å². The number of fused-ring (bicyclic) bond motifs is 1. The van der Waals surface area contributed by atoms with Gasteiger partial charge < -0.3 is 9.88 Å². The van der Waals surface area contributed by atoms with Crippen molar-refractivity contribution in [3.63, 3.8) is 0 Å². The Morgan fingerprint density at radius 1 is 1.05 bits per heavy atom. The molecule has 6 rings (SSSR count). The largest absolute Gasteiger partial charge is 0.340 e. The number of halogens is 3. The number of rotatable bonds is 4. The average Bonchev–Trinajstić information content (AvgIpc) is 3.64. The van der Waals surface area contributed by atoms with Gasteiger partial charge in [0, 0.05) is 17.1 Å². The lowest BCUT2D eigenvalue weighted by atomic mass is 9.97. The van der Waals surface area contributed by atoms with Crippen LogP contribution in [0.4, 0.5) is 8.78 Å². The summed E-state index contributed by atoms with van der Waals surface area (Å²) in [5.41, 5.74) is 4.29. The van der Waals surface area contributed by atoms with Crippen molar-refractivity contribution in [1.29, 1.82) is 0 Å². The Bertz CT molecular complexity index is 1750. The molecule has 39 heavy (non-hydrogen) atoms. The molecule has 3 aromatic carbocycles. The standard InChI is InChI=1S/C30H25ClF2N4OS/c1-16-15-20(33)9-10-21(16)27-35-25(26(39-27)18-5-7-19(32)8-6-18)28(38)37-14-4-13-30(37,3)29-34-23-12-11-22(31)17(2)24(23)36-29/h5-12,15H,4,13-14H2,1-3H3,(H,34,36)/t30-/m0/s1. The molecule has 0 saturated carbocycles. The van der Waals surface area contributed by atoms with Crippen molar-refractivity contribution < 1.29 is 13.6 Å². The summed E-state index contributed by atoms with van der Waals surface area (Å²) in [4.78, 5) is 29.9. The Kier molecular flexibility index (Phi) is 6.27. The van der Waals surface area contributed by atoms with E-state index in [0.29, 0.717) is 32.8 Å². The maximum Gasteiger partial charge on any atom is 0.274 e. The molecular weight excluding hydrogens is 538 g/mol. The maximum absolute atomic E-state index is 14.3. The zero-order valence-electron chi connectivity index (χ0n) is 21.6. The molecule has 0 bridgehead atoms. The van der Waals surface area contributed by atoms with E-state index in [1.807, 2.05) is 37.8 Å². The Hall–Kier alpha value is -3.62. The summed E-state index contributed by atoms with van der Waals surface area (Å²) in [5, 5.41) is 1.24. The lowest BCUT2D eigenvalue weighted by molar-refractivity contribution is 0.0601. The minimum atomic E-state index is -0.690. The topological polar surface area (TPSA) is 61.9 Å². The summed E-state index contributed by atoms with van der Waals surface area (Å²) < 4.78 is 27.6. The van der Waals surface area contributed by atoms with Gasteiger partial charge in [0.25, 0.3) is 5.91 Å². The highest BCUT2D eigenvalue weighted by molar-refractivity contribution is 7.18. The van der Waals surface area contributed by atoms with E-state index in [0.717, 1.165) is 40.6 Å². The van der Waals surface area contributed by atoms with Crippen LogP contribution < -0.4 is 0 Å². The number of thiazole rings is 1. The van der Waals surface area contributed by atoms with Crippen LogP contribution in [0.5, 0.6) is 0 Å². The molecule has 5 nitrogen and oxygen atoms in total. The number of hydrogen-bond acceptors (Lipinski definition) is 4. The van der Waals surface area contributed by atoms with Gasteiger partial charge in [-0.25, -0.2) is 18.7 Å². The highest BCUT2D eigenvalue weighted by atomic mass is 35.5. The van der Waals surface area contributed by atoms with Crippen LogP contribution in [0.3, 0.4) is 0 Å². The number of amides is 1. The van der Waals surface area contributed by atoms with Gasteiger partial charge in [-0.2, -0.15) is 0 Å². The Morgan fingerprint density at radius 3 is 2.54 bits per heavy atom. The molecule has 1 amide bonds. The third-order valence-corrected chi connectivity index (χ3v) is 9.14. The van der Waals surface area contributed by atoms with Crippen LogP contribution in [0.2, 0.25) is 5.02 Å². The number of imidazole rings is 1. The van der Waals surface area contributed by atoms with Gasteiger partial charge in [-0.1, -0.05) is 23.7 Å². The normalized spacial score (nSPS) is 17.3. The molecule has 1 fully saturated rings. The van der Waals surface area contributed by atoms with Crippen LogP contribution in [0.25, 0.3) is 32.0 Å². The van der Waals surface area contributed by atoms with Crippen molar-refractivity contribution in [1.82, 2.24) is 19.9 Å². The first-order chi connectivity index (χ1) is 18.7. The molecule has 2 aromatic heterocycles. The molecule has 0 aliphatic carbocycles. The lowest BCUT2D eigenvalue weighted by Gasteiger charge is -2.33. The third kappa shape index (κ3) is 4.32. The number of benzene rings is 3. The molecule has 0 spiro atoms. The second-order valence-corrected chi connectivity index (χ2v) is 11.6. The third-order valence-electron chi connectivity index (χ3n) is 7.59. The fourth-order valence-corrected chi connectivity index (χ4v) is 6.66. The predicted octanol–water partition coefficient (Wildman–Crippen LogP) is 8.05. The Labute approximate surface area is 233 Å². The summed E-state index contributed by atoms with van der Waals surface area (Å²) in [6.07, 6.45) is 1.53. The lowest BCUT2D eigenvalue weighted by Crippen LogP contribution is -2.44. The van der Waals surface area contributed by atoms with Gasteiger partial charge in [0.1, 0.15) is 28.2 Å². The van der Waals surface area contributed by atoms with Gasteiger partial charge >= 0.3 is 0 Å². The summed E-state index contributed by atoms with van der Waals surface area (Å²) in [5.74, 6) is -0.232. The van der Waals surface area contributed by atoms with E-state index in [4.69, 9.17) is 21.6 Å². The number of carbonyl (C=O) groups is 1. The molecule has 1 aliphatic rings. The van der Waals surface area contributed by atoms with Crippen LogP contribution in [0.1, 0.15) is 47.2 Å². The number of aromatic amines is 1. The zero-order chi connectivity index (χ0) is 27.5. The number of hydrogen-bond donors (Lipinski definition) is 1. The second kappa shape index (κ2) is 9.54. The first-order valence-electron chi connectivity index (χ1n) is 12.7. The Morgan fingerprint density at radius 2 is 1.79 bits per heavy atom. The van der Waals surface area contributed by atoms with Crippen LogP contribution in [0.15, 0.2) is 54.6 Å². The molecule has 1 atom stereocenters. The number of aryl methyl sites for hydroxylation is 2. The number of aromatic nitrogens is 3. The maximum atomic E-state index is 14.3. The van der Waals surface area contributed by atoms with Gasteiger partial charge in [0.2, 0.25) is 0 Å². The van der Waals surface area contributed by atoms with Gasteiger partial charge in [-0.3, -0.25) is 4.79 Å². The number of nitrogens with zero attached hydrogens (tertiary/aromatic N) is 3. The SMILES string of the molecule is Cc1cc(F)ccc1-c1nc(C(=O)N2CCC[C@@]2(C)c2nc3c(C)c(Cl)ccc3[nH]2)c(-c2ccc(F)cc2)s1. The average molecular weight is 563 g/mol. The summed E-state index contributed by atoms with van der Waals surface area (Å²) in [7, 11) is 0. The van der Waals surface area contributed by atoms with Gasteiger partial charge in [0.15, 0.2) is 0 Å². The van der Waals surface area contributed by atoms with E-state index in [1.165, 1.54) is 35.6 Å². The van der Waals surface area contributed by atoms with E-state index < -0.39 is 5.54 Å². The first-order valence-corrected chi connectivity index (χ1v) is 13.9. The highest BCUT2D eigenvalue weighted by Crippen LogP contribution is 2.43. The zero-order valence-corrected chi connectivity index (χ0v) is 23.2. The number of likely N-dealkylation sites (tertiary alicyclic amines) is 1. The quantitative estimate of drug-likeness (QED) is 0.241. The summed E-state index contributed by atoms with van der Waals surface area (Å²) >= 11 is 7.68. The van der Waals surface area contributed by atoms with E-state index in [2.05, 4.69) is 4.98 Å². The molecule has 1 N–H and O–H groups in total. The van der Waals surface area contributed by atoms with Crippen molar-refractivity contribution in [2.75, 3.05) is 6.54 Å². The second-order valence-electron chi connectivity index (χ2n) is 10.2. The molecular formula is C30H25ClF2N4OS. The summed E-state index contributed by atoms with van der Waals surface area (Å²) in [6, 6.07) is 14.3. The van der Waals surface area contributed by atoms with E-state index >= 15 is 0 Å². The van der Waals surface area contributed by atoms with E-state index in [-0.39, 0.29) is 23.2 Å².